The molecular formula is C16H15N5O5. The molecular weight excluding hydrogens is 342 g/mol. The minimum absolute atomic E-state index is 0.179. The van der Waals surface area contributed by atoms with Crippen molar-refractivity contribution in [2.75, 3.05) is 14.2 Å². The number of ketones is 2. The lowest BCUT2D eigenvalue weighted by Crippen LogP contribution is -2.14. The number of carbonyl (C=O) groups excluding carboxylic acids is 3. The molecule has 3 rings (SSSR count). The number of rotatable bonds is 6. The summed E-state index contributed by atoms with van der Waals surface area (Å²) in [5.41, 5.74) is 1.26. The van der Waals surface area contributed by atoms with Gasteiger partial charge < -0.3 is 14.5 Å². The zero-order chi connectivity index (χ0) is 18.8. The molecule has 0 aliphatic heterocycles. The van der Waals surface area contributed by atoms with Gasteiger partial charge in [0.2, 0.25) is 11.6 Å². The Balaban J connectivity index is 2.12. The number of fused-ring (bicyclic) bond motifs is 1. The maximum atomic E-state index is 12.2. The van der Waals surface area contributed by atoms with Crippen molar-refractivity contribution in [2.24, 2.45) is 0 Å². The van der Waals surface area contributed by atoms with E-state index in [2.05, 4.69) is 25.1 Å². The number of carbonyl (C=O) groups is 3. The standard InChI is InChI=1S/C16H15N5O5/c1-8(22)15(24)10-6-17-14-9(4-5-11(25-2)13(10)14)16-18-20-21(19-16)7-12(23)26-3/h4-6,17H,7H2,1-3H3. The van der Waals surface area contributed by atoms with Gasteiger partial charge in [-0.15, -0.1) is 10.2 Å². The molecule has 0 unspecified atom stereocenters. The van der Waals surface area contributed by atoms with Crippen LogP contribution in [0.3, 0.4) is 0 Å². The number of tetrazole rings is 1. The highest BCUT2D eigenvalue weighted by molar-refractivity contribution is 6.45. The van der Waals surface area contributed by atoms with E-state index in [-0.39, 0.29) is 17.9 Å². The van der Waals surface area contributed by atoms with Gasteiger partial charge in [-0.05, 0) is 17.3 Å². The fourth-order valence-corrected chi connectivity index (χ4v) is 2.54. The van der Waals surface area contributed by atoms with Crippen LogP contribution in [0.4, 0.5) is 0 Å². The zero-order valence-electron chi connectivity index (χ0n) is 14.3. The van der Waals surface area contributed by atoms with Crippen LogP contribution in [-0.4, -0.2) is 56.9 Å². The van der Waals surface area contributed by atoms with Crippen LogP contribution >= 0.6 is 0 Å². The topological polar surface area (TPSA) is 129 Å². The van der Waals surface area contributed by atoms with E-state index in [1.54, 1.807) is 12.1 Å². The first-order valence-electron chi connectivity index (χ1n) is 7.54. The van der Waals surface area contributed by atoms with E-state index in [1.807, 2.05) is 0 Å². The van der Waals surface area contributed by atoms with Gasteiger partial charge in [0, 0.05) is 18.7 Å². The summed E-state index contributed by atoms with van der Waals surface area (Å²) < 4.78 is 9.88. The lowest BCUT2D eigenvalue weighted by Gasteiger charge is -2.06. The molecule has 0 saturated heterocycles. The molecule has 1 N–H and O–H groups in total. The quantitative estimate of drug-likeness (QED) is 0.389. The van der Waals surface area contributed by atoms with Crippen molar-refractivity contribution in [2.45, 2.75) is 13.5 Å². The van der Waals surface area contributed by atoms with Crippen LogP contribution in [0.1, 0.15) is 17.3 Å². The highest BCUT2D eigenvalue weighted by Crippen LogP contribution is 2.35. The number of benzene rings is 1. The Hall–Kier alpha value is -3.56. The van der Waals surface area contributed by atoms with Gasteiger partial charge in [0.05, 0.1) is 30.7 Å². The number of aromatic amines is 1. The number of H-pyrrole nitrogens is 1. The minimum Gasteiger partial charge on any atom is -0.496 e. The van der Waals surface area contributed by atoms with Gasteiger partial charge in [0.1, 0.15) is 5.75 Å². The molecule has 10 heteroatoms. The van der Waals surface area contributed by atoms with Crippen LogP contribution in [0.25, 0.3) is 22.3 Å². The fourth-order valence-electron chi connectivity index (χ4n) is 2.54. The third-order valence-electron chi connectivity index (χ3n) is 3.77. The second-order valence-corrected chi connectivity index (χ2v) is 5.37. The normalized spacial score (nSPS) is 10.7. The number of esters is 1. The minimum atomic E-state index is -0.631. The molecule has 3 aromatic rings. The number of hydrogen-bond donors (Lipinski definition) is 1. The van der Waals surface area contributed by atoms with Gasteiger partial charge >= 0.3 is 5.97 Å². The molecule has 1 aromatic carbocycles. The summed E-state index contributed by atoms with van der Waals surface area (Å²) in [5.74, 6) is -1.06. The largest absolute Gasteiger partial charge is 0.496 e. The van der Waals surface area contributed by atoms with Crippen molar-refractivity contribution in [3.63, 3.8) is 0 Å². The van der Waals surface area contributed by atoms with Gasteiger partial charge in [-0.3, -0.25) is 9.59 Å². The molecule has 0 aliphatic carbocycles. The third-order valence-corrected chi connectivity index (χ3v) is 3.77. The zero-order valence-corrected chi connectivity index (χ0v) is 14.3. The molecule has 134 valence electrons. The second kappa shape index (κ2) is 6.75. The Morgan fingerprint density at radius 1 is 1.23 bits per heavy atom. The summed E-state index contributed by atoms with van der Waals surface area (Å²) in [7, 11) is 2.73. The van der Waals surface area contributed by atoms with Gasteiger partial charge in [-0.25, -0.2) is 4.79 Å². The van der Waals surface area contributed by atoms with Crippen LogP contribution in [0, 0.1) is 0 Å². The Morgan fingerprint density at radius 2 is 2.00 bits per heavy atom. The number of ether oxygens (including phenoxy) is 2. The van der Waals surface area contributed by atoms with Crippen molar-refractivity contribution >= 4 is 28.4 Å². The fraction of sp³-hybridized carbons (Fsp3) is 0.250. The van der Waals surface area contributed by atoms with E-state index in [0.29, 0.717) is 22.2 Å². The average Bonchev–Trinajstić information content (AvgIpc) is 3.27. The summed E-state index contributed by atoms with van der Waals surface area (Å²) in [4.78, 5) is 39.0. The highest BCUT2D eigenvalue weighted by atomic mass is 16.5. The maximum absolute atomic E-state index is 12.2. The first-order chi connectivity index (χ1) is 12.5. The number of nitrogens with one attached hydrogen (secondary N) is 1. The molecule has 2 heterocycles. The predicted octanol–water partition coefficient (Wildman–Crippen LogP) is 0.775. The molecule has 0 radical (unpaired) electrons. The number of nitrogens with zero attached hydrogens (tertiary/aromatic N) is 4. The molecule has 26 heavy (non-hydrogen) atoms. The van der Waals surface area contributed by atoms with Crippen LogP contribution in [0.15, 0.2) is 18.3 Å². The Labute approximate surface area is 147 Å². The lowest BCUT2D eigenvalue weighted by molar-refractivity contribution is -0.141. The van der Waals surface area contributed by atoms with Crippen molar-refractivity contribution in [3.05, 3.63) is 23.9 Å². The maximum Gasteiger partial charge on any atom is 0.329 e. The Kier molecular flexibility index (Phi) is 4.48. The van der Waals surface area contributed by atoms with Crippen molar-refractivity contribution < 1.29 is 23.9 Å². The Bertz CT molecular complexity index is 1020. The number of aromatic nitrogens is 5. The summed E-state index contributed by atoms with van der Waals surface area (Å²) >= 11 is 0. The van der Waals surface area contributed by atoms with Crippen molar-refractivity contribution in [1.82, 2.24) is 25.2 Å². The molecule has 0 aliphatic rings. The highest BCUT2D eigenvalue weighted by Gasteiger charge is 2.22. The van der Waals surface area contributed by atoms with E-state index in [0.717, 1.165) is 4.80 Å². The van der Waals surface area contributed by atoms with Crippen molar-refractivity contribution in [3.8, 4) is 17.1 Å². The van der Waals surface area contributed by atoms with E-state index >= 15 is 0 Å². The average molecular weight is 357 g/mol. The molecule has 0 fully saturated rings. The summed E-state index contributed by atoms with van der Waals surface area (Å²) in [5, 5.41) is 12.3. The Morgan fingerprint density at radius 3 is 2.65 bits per heavy atom. The monoisotopic (exact) mass is 357 g/mol. The van der Waals surface area contributed by atoms with Gasteiger partial charge in [-0.1, -0.05) is 0 Å². The van der Waals surface area contributed by atoms with E-state index in [4.69, 9.17) is 4.74 Å². The number of hydrogen-bond acceptors (Lipinski definition) is 8. The first kappa shape index (κ1) is 17.3. The molecule has 0 saturated carbocycles. The predicted molar refractivity (Wildman–Crippen MR) is 88.7 cm³/mol. The van der Waals surface area contributed by atoms with Gasteiger partial charge in [-0.2, -0.15) is 4.80 Å². The first-order valence-corrected chi connectivity index (χ1v) is 7.54. The van der Waals surface area contributed by atoms with E-state index in [9.17, 15) is 14.4 Å². The molecule has 0 amide bonds. The SMILES string of the molecule is COC(=O)Cn1nnc(-c2ccc(OC)c3c(C(=O)C(C)=O)c[nH]c23)n1. The van der Waals surface area contributed by atoms with Gasteiger partial charge in [0.25, 0.3) is 0 Å². The molecule has 0 bridgehead atoms. The molecule has 2 aromatic heterocycles. The van der Waals surface area contributed by atoms with Crippen LogP contribution in [0.5, 0.6) is 5.75 Å². The summed E-state index contributed by atoms with van der Waals surface area (Å²) in [6.07, 6.45) is 1.44. The number of Topliss-reactive ketones (excluding diaryl/α,β-unsaturated/α-hetero) is 2. The summed E-state index contributed by atoms with van der Waals surface area (Å²) in [6, 6.07) is 3.34. The van der Waals surface area contributed by atoms with Crippen LogP contribution < -0.4 is 4.74 Å². The van der Waals surface area contributed by atoms with Crippen LogP contribution in [0.2, 0.25) is 0 Å². The second-order valence-electron chi connectivity index (χ2n) is 5.37. The third kappa shape index (κ3) is 2.92. The van der Waals surface area contributed by atoms with Gasteiger partial charge in [0.15, 0.2) is 12.3 Å². The molecule has 0 spiro atoms. The lowest BCUT2D eigenvalue weighted by atomic mass is 10.0. The smallest absolute Gasteiger partial charge is 0.329 e. The van der Waals surface area contributed by atoms with Crippen molar-refractivity contribution in [1.29, 1.82) is 0 Å². The molecule has 10 nitrogen and oxygen atoms in total. The van der Waals surface area contributed by atoms with E-state index in [1.165, 1.54) is 27.3 Å². The van der Waals surface area contributed by atoms with E-state index < -0.39 is 17.5 Å². The summed E-state index contributed by atoms with van der Waals surface area (Å²) in [6.45, 7) is 1.03. The molecule has 0 atom stereocenters. The van der Waals surface area contributed by atoms with Crippen LogP contribution in [-0.2, 0) is 20.9 Å². The number of methoxy groups -OCH3 is 2.